The summed E-state index contributed by atoms with van der Waals surface area (Å²) in [5.41, 5.74) is 2.94. The molecule has 2 aromatic rings. The van der Waals surface area contributed by atoms with Crippen LogP contribution in [0, 0.1) is 23.7 Å². The molecule has 1 aliphatic heterocycles. The zero-order valence-corrected chi connectivity index (χ0v) is 22.2. The number of rotatable bonds is 7. The lowest BCUT2D eigenvalue weighted by Crippen LogP contribution is -2.52. The van der Waals surface area contributed by atoms with Gasteiger partial charge in [0, 0.05) is 49.4 Å². The van der Waals surface area contributed by atoms with Gasteiger partial charge in [0.25, 0.3) is 5.91 Å². The molecule has 1 N–H and O–H groups in total. The number of amides is 1. The topological polar surface area (TPSA) is 65.0 Å². The molecule has 3 aliphatic rings. The maximum atomic E-state index is 14.0. The highest BCUT2D eigenvalue weighted by atomic mass is 16.5. The van der Waals surface area contributed by atoms with Crippen molar-refractivity contribution in [2.45, 2.75) is 59.5 Å². The molecule has 2 heterocycles. The number of carbonyl (C=O) groups is 1. The van der Waals surface area contributed by atoms with Crippen LogP contribution in [0.15, 0.2) is 12.1 Å². The van der Waals surface area contributed by atoms with Gasteiger partial charge in [-0.1, -0.05) is 20.8 Å². The average molecular weight is 484 g/mol. The van der Waals surface area contributed by atoms with Crippen molar-refractivity contribution in [3.8, 4) is 11.5 Å². The number of hydrogen-bond donors (Lipinski definition) is 1. The van der Waals surface area contributed by atoms with Crippen LogP contribution >= 0.6 is 0 Å². The number of carbonyl (C=O) groups excluding carboxylic acids is 1. The zero-order chi connectivity index (χ0) is 25.0. The molecule has 1 aromatic carbocycles. The van der Waals surface area contributed by atoms with Crippen LogP contribution < -0.4 is 14.8 Å². The highest BCUT2D eigenvalue weighted by molar-refractivity contribution is 6.10. The number of morpholine rings is 1. The predicted molar refractivity (Wildman–Crippen MR) is 138 cm³/mol. The Morgan fingerprint density at radius 2 is 1.89 bits per heavy atom. The quantitative estimate of drug-likeness (QED) is 0.638. The van der Waals surface area contributed by atoms with Crippen molar-refractivity contribution >= 4 is 16.8 Å². The van der Waals surface area contributed by atoms with Crippen molar-refractivity contribution in [1.82, 2.24) is 14.8 Å². The molecule has 0 radical (unpaired) electrons. The molecule has 7 heteroatoms. The molecule has 2 aliphatic carbocycles. The van der Waals surface area contributed by atoms with Gasteiger partial charge in [0.1, 0.15) is 11.5 Å². The van der Waals surface area contributed by atoms with Crippen LogP contribution in [-0.2, 0) is 11.3 Å². The highest BCUT2D eigenvalue weighted by Crippen LogP contribution is 2.62. The van der Waals surface area contributed by atoms with Crippen molar-refractivity contribution in [1.29, 1.82) is 0 Å². The Morgan fingerprint density at radius 3 is 2.51 bits per heavy atom. The summed E-state index contributed by atoms with van der Waals surface area (Å²) in [7, 11) is 3.34. The van der Waals surface area contributed by atoms with Gasteiger partial charge in [-0.3, -0.25) is 9.69 Å². The molecule has 3 fully saturated rings. The molecule has 2 unspecified atom stereocenters. The fourth-order valence-corrected chi connectivity index (χ4v) is 7.32. The van der Waals surface area contributed by atoms with Gasteiger partial charge in [0.2, 0.25) is 0 Å². The SMILES string of the molecule is COc1cc(OC)c2c(c1)c(C(=O)N[C@@H]1C3(C)CCC(C3)C1(C)C)c(C)n2CCN1CCOCC1. The lowest BCUT2D eigenvalue weighted by atomic mass is 9.68. The maximum Gasteiger partial charge on any atom is 0.253 e. The van der Waals surface area contributed by atoms with E-state index in [-0.39, 0.29) is 22.8 Å². The van der Waals surface area contributed by atoms with E-state index in [1.54, 1.807) is 14.2 Å². The van der Waals surface area contributed by atoms with Crippen molar-refractivity contribution in [2.75, 3.05) is 47.1 Å². The van der Waals surface area contributed by atoms with E-state index in [0.717, 1.165) is 67.3 Å². The molecule has 1 saturated heterocycles. The number of aromatic nitrogens is 1. The highest BCUT2D eigenvalue weighted by Gasteiger charge is 2.59. The molecule has 2 bridgehead atoms. The minimum absolute atomic E-state index is 0.0137. The van der Waals surface area contributed by atoms with Gasteiger partial charge in [-0.15, -0.1) is 0 Å². The van der Waals surface area contributed by atoms with Gasteiger partial charge in [-0.25, -0.2) is 0 Å². The molecule has 2 saturated carbocycles. The third-order valence-electron chi connectivity index (χ3n) is 9.33. The van der Waals surface area contributed by atoms with E-state index >= 15 is 0 Å². The lowest BCUT2D eigenvalue weighted by molar-refractivity contribution is 0.0365. The fraction of sp³-hybridized carbons (Fsp3) is 0.679. The van der Waals surface area contributed by atoms with Crippen LogP contribution in [-0.4, -0.2) is 68.5 Å². The third-order valence-corrected chi connectivity index (χ3v) is 9.33. The second-order valence-corrected chi connectivity index (χ2v) is 11.6. The standard InChI is InChI=1S/C28H41N3O4/c1-18-23(25(32)29-26-27(2,3)19-7-8-28(26,4)17-19)21-15-20(33-5)16-22(34-6)24(21)31(18)10-9-30-11-13-35-14-12-30/h15-16,19,26H,7-14,17H2,1-6H3,(H,29,32)/t19?,26-,28?/m0/s1. The minimum Gasteiger partial charge on any atom is -0.497 e. The second kappa shape index (κ2) is 9.00. The number of benzene rings is 1. The monoisotopic (exact) mass is 483 g/mol. The normalized spacial score (nSPS) is 27.9. The Kier molecular flexibility index (Phi) is 6.29. The molecule has 7 nitrogen and oxygen atoms in total. The molecule has 192 valence electrons. The Bertz CT molecular complexity index is 1110. The van der Waals surface area contributed by atoms with E-state index in [9.17, 15) is 4.79 Å². The Labute approximate surface area is 209 Å². The van der Waals surface area contributed by atoms with Crippen molar-refractivity contribution in [3.05, 3.63) is 23.4 Å². The van der Waals surface area contributed by atoms with Crippen LogP contribution in [0.25, 0.3) is 10.9 Å². The van der Waals surface area contributed by atoms with Gasteiger partial charge in [0.15, 0.2) is 0 Å². The van der Waals surface area contributed by atoms with E-state index in [0.29, 0.717) is 11.7 Å². The lowest BCUT2D eigenvalue weighted by Gasteiger charge is -2.43. The van der Waals surface area contributed by atoms with Crippen LogP contribution in [0.4, 0.5) is 0 Å². The summed E-state index contributed by atoms with van der Waals surface area (Å²) < 4.78 is 19.2. The van der Waals surface area contributed by atoms with E-state index < -0.39 is 0 Å². The first-order valence-electron chi connectivity index (χ1n) is 13.1. The number of ether oxygens (including phenoxy) is 3. The molecule has 1 aromatic heterocycles. The molecule has 3 atom stereocenters. The van der Waals surface area contributed by atoms with E-state index in [4.69, 9.17) is 14.2 Å². The van der Waals surface area contributed by atoms with Gasteiger partial charge < -0.3 is 24.1 Å². The Balaban J connectivity index is 1.54. The summed E-state index contributed by atoms with van der Waals surface area (Å²) in [4.78, 5) is 16.4. The van der Waals surface area contributed by atoms with E-state index in [2.05, 4.69) is 42.5 Å². The molecular weight excluding hydrogens is 442 g/mol. The Morgan fingerprint density at radius 1 is 1.14 bits per heavy atom. The van der Waals surface area contributed by atoms with Crippen LogP contribution in [0.5, 0.6) is 11.5 Å². The number of fused-ring (bicyclic) bond motifs is 3. The summed E-state index contributed by atoms with van der Waals surface area (Å²) in [6.45, 7) is 14.2. The van der Waals surface area contributed by atoms with Gasteiger partial charge >= 0.3 is 0 Å². The first-order valence-corrected chi connectivity index (χ1v) is 13.1. The summed E-state index contributed by atoms with van der Waals surface area (Å²) >= 11 is 0. The summed E-state index contributed by atoms with van der Waals surface area (Å²) in [5.74, 6) is 2.12. The van der Waals surface area contributed by atoms with Crippen molar-refractivity contribution < 1.29 is 19.0 Å². The summed E-state index contributed by atoms with van der Waals surface area (Å²) in [6, 6.07) is 4.06. The maximum absolute atomic E-state index is 14.0. The smallest absolute Gasteiger partial charge is 0.253 e. The average Bonchev–Trinajstić information content (AvgIpc) is 3.44. The van der Waals surface area contributed by atoms with Crippen LogP contribution in [0.1, 0.15) is 56.1 Å². The fourth-order valence-electron chi connectivity index (χ4n) is 7.32. The third kappa shape index (κ3) is 4.01. The predicted octanol–water partition coefficient (Wildman–Crippen LogP) is 4.24. The first-order chi connectivity index (χ1) is 16.7. The first kappa shape index (κ1) is 24.4. The number of nitrogens with zero attached hydrogens (tertiary/aromatic N) is 2. The second-order valence-electron chi connectivity index (χ2n) is 11.6. The van der Waals surface area contributed by atoms with Gasteiger partial charge in [0.05, 0.1) is 38.5 Å². The molecular formula is C28H41N3O4. The zero-order valence-electron chi connectivity index (χ0n) is 22.2. The molecule has 1 amide bonds. The summed E-state index contributed by atoms with van der Waals surface area (Å²) in [6.07, 6.45) is 3.66. The van der Waals surface area contributed by atoms with Crippen molar-refractivity contribution in [2.24, 2.45) is 16.7 Å². The van der Waals surface area contributed by atoms with E-state index in [1.165, 1.54) is 19.3 Å². The minimum atomic E-state index is 0.0137. The van der Waals surface area contributed by atoms with Crippen LogP contribution in [0.2, 0.25) is 0 Å². The van der Waals surface area contributed by atoms with E-state index in [1.807, 2.05) is 12.1 Å². The largest absolute Gasteiger partial charge is 0.497 e. The van der Waals surface area contributed by atoms with Crippen molar-refractivity contribution in [3.63, 3.8) is 0 Å². The number of nitrogens with one attached hydrogen (secondary N) is 1. The van der Waals surface area contributed by atoms with Gasteiger partial charge in [-0.05, 0) is 49.0 Å². The molecule has 5 rings (SSSR count). The van der Waals surface area contributed by atoms with Crippen LogP contribution in [0.3, 0.4) is 0 Å². The molecule has 35 heavy (non-hydrogen) atoms. The molecule has 0 spiro atoms. The summed E-state index contributed by atoms with van der Waals surface area (Å²) in [5, 5.41) is 4.42. The Hall–Kier alpha value is -2.25. The number of methoxy groups -OCH3 is 2. The number of hydrogen-bond acceptors (Lipinski definition) is 5. The van der Waals surface area contributed by atoms with Gasteiger partial charge in [-0.2, -0.15) is 0 Å².